The summed E-state index contributed by atoms with van der Waals surface area (Å²) in [6, 6.07) is 11.1. The van der Waals surface area contributed by atoms with E-state index in [0.29, 0.717) is 16.1 Å². The maximum absolute atomic E-state index is 13.2. The summed E-state index contributed by atoms with van der Waals surface area (Å²) in [6.45, 7) is 7.93. The summed E-state index contributed by atoms with van der Waals surface area (Å²) in [6.07, 6.45) is 12.0. The van der Waals surface area contributed by atoms with Gasteiger partial charge >= 0.3 is 12.0 Å². The third-order valence-electron chi connectivity index (χ3n) is 7.21. The number of ketones is 1. The van der Waals surface area contributed by atoms with Crippen LogP contribution in [-0.2, 0) is 9.53 Å². The van der Waals surface area contributed by atoms with Crippen molar-refractivity contribution in [1.29, 1.82) is 0 Å². The van der Waals surface area contributed by atoms with Gasteiger partial charge in [-0.3, -0.25) is 4.79 Å². The average Bonchev–Trinajstić information content (AvgIpc) is 2.93. The van der Waals surface area contributed by atoms with Crippen LogP contribution in [0.5, 0.6) is 0 Å². The second-order valence-corrected chi connectivity index (χ2v) is 11.3. The molecule has 0 spiro atoms. The highest BCUT2D eigenvalue weighted by atomic mass is 35.5. The molecule has 3 rings (SSSR count). The van der Waals surface area contributed by atoms with E-state index in [1.165, 1.54) is 7.11 Å². The number of anilines is 1. The number of aliphatic hydroxyl groups is 1. The summed E-state index contributed by atoms with van der Waals surface area (Å²) in [4.78, 5) is 37.0. The molecule has 0 bridgehead atoms. The second-order valence-electron chi connectivity index (χ2n) is 10.9. The number of methoxy groups -OCH3 is 1. The van der Waals surface area contributed by atoms with Gasteiger partial charge in [0, 0.05) is 29.3 Å². The molecule has 41 heavy (non-hydrogen) atoms. The van der Waals surface area contributed by atoms with Gasteiger partial charge in [0.15, 0.2) is 11.8 Å². The number of rotatable bonds is 10. The van der Waals surface area contributed by atoms with Crippen molar-refractivity contribution in [2.75, 3.05) is 25.6 Å². The molecule has 2 unspecified atom stereocenters. The van der Waals surface area contributed by atoms with E-state index in [-0.39, 0.29) is 23.7 Å². The van der Waals surface area contributed by atoms with Gasteiger partial charge in [-0.1, -0.05) is 93.1 Å². The molecule has 0 aliphatic heterocycles. The van der Waals surface area contributed by atoms with Crippen LogP contribution in [0.4, 0.5) is 10.5 Å². The zero-order valence-corrected chi connectivity index (χ0v) is 24.8. The van der Waals surface area contributed by atoms with E-state index in [4.69, 9.17) is 11.6 Å². The molecule has 2 aromatic rings. The van der Waals surface area contributed by atoms with Crippen LogP contribution in [0.15, 0.2) is 78.9 Å². The number of carbonyl (C=O) groups is 3. The Balaban J connectivity index is 1.78. The van der Waals surface area contributed by atoms with Gasteiger partial charge in [0.1, 0.15) is 0 Å². The molecule has 1 aliphatic carbocycles. The zero-order chi connectivity index (χ0) is 30.2. The Bertz CT molecular complexity index is 1360. The van der Waals surface area contributed by atoms with Gasteiger partial charge in [0.05, 0.1) is 24.3 Å². The number of aryl methyl sites for hydroxylation is 1. The van der Waals surface area contributed by atoms with E-state index in [1.807, 2.05) is 55.5 Å². The van der Waals surface area contributed by atoms with Crippen molar-refractivity contribution in [3.05, 3.63) is 101 Å². The van der Waals surface area contributed by atoms with Crippen LogP contribution in [0.1, 0.15) is 42.3 Å². The molecule has 0 saturated carbocycles. The number of hydrogen-bond acceptors (Lipinski definition) is 6. The van der Waals surface area contributed by atoms with Crippen LogP contribution in [-0.4, -0.2) is 54.7 Å². The van der Waals surface area contributed by atoms with E-state index in [0.717, 1.165) is 11.3 Å². The number of amides is 2. The second kappa shape index (κ2) is 13.7. The van der Waals surface area contributed by atoms with Crippen molar-refractivity contribution in [3.8, 4) is 0 Å². The first kappa shape index (κ1) is 31.6. The van der Waals surface area contributed by atoms with E-state index in [9.17, 15) is 19.5 Å². The van der Waals surface area contributed by atoms with Crippen molar-refractivity contribution >= 4 is 35.1 Å². The monoisotopic (exact) mass is 579 g/mol. The summed E-state index contributed by atoms with van der Waals surface area (Å²) >= 11 is 6.65. The van der Waals surface area contributed by atoms with Crippen LogP contribution >= 0.6 is 11.6 Å². The van der Waals surface area contributed by atoms with Gasteiger partial charge < -0.3 is 25.8 Å². The number of nitrogens with one attached hydrogen (secondary N) is 3. The smallest absolute Gasteiger partial charge is 0.330 e. The molecular weight excluding hydrogens is 542 g/mol. The largest absolute Gasteiger partial charge is 0.467 e. The van der Waals surface area contributed by atoms with Crippen LogP contribution < -0.4 is 16.0 Å². The molecule has 2 aromatic carbocycles. The van der Waals surface area contributed by atoms with Crippen molar-refractivity contribution in [2.24, 2.45) is 11.3 Å². The molecule has 218 valence electrons. The lowest BCUT2D eigenvalue weighted by atomic mass is 9.64. The minimum Gasteiger partial charge on any atom is -0.467 e. The molecule has 0 fully saturated rings. The SMILES string of the molecule is COC(=O)[C@H](CO)NC(=O)NC/C=C/C1C=CC=CC1(Nc1ccc(C(=O)c2ccccc2C)c(Cl)c1)C(C)(C)C. The van der Waals surface area contributed by atoms with Crippen LogP contribution in [0.25, 0.3) is 0 Å². The van der Waals surface area contributed by atoms with Gasteiger partial charge in [-0.25, -0.2) is 9.59 Å². The first-order chi connectivity index (χ1) is 19.4. The number of benzene rings is 2. The average molecular weight is 580 g/mol. The Morgan fingerprint density at radius 1 is 1.12 bits per heavy atom. The van der Waals surface area contributed by atoms with Gasteiger partial charge in [0.2, 0.25) is 0 Å². The fraction of sp³-hybridized carbons (Fsp3) is 0.344. The van der Waals surface area contributed by atoms with Crippen molar-refractivity contribution in [1.82, 2.24) is 10.6 Å². The summed E-state index contributed by atoms with van der Waals surface area (Å²) < 4.78 is 4.56. The number of halogens is 1. The number of ether oxygens (including phenoxy) is 1. The lowest BCUT2D eigenvalue weighted by Gasteiger charge is -2.49. The van der Waals surface area contributed by atoms with E-state index in [1.54, 1.807) is 18.2 Å². The van der Waals surface area contributed by atoms with Crippen molar-refractivity contribution < 1.29 is 24.2 Å². The number of allylic oxidation sites excluding steroid dienone is 2. The summed E-state index contributed by atoms with van der Waals surface area (Å²) in [5, 5.41) is 18.4. The lowest BCUT2D eigenvalue weighted by Crippen LogP contribution is -2.53. The molecular formula is C32H38ClN3O5. The van der Waals surface area contributed by atoms with E-state index >= 15 is 0 Å². The Labute approximate surface area is 246 Å². The highest BCUT2D eigenvalue weighted by molar-refractivity contribution is 6.35. The van der Waals surface area contributed by atoms with E-state index < -0.39 is 30.2 Å². The maximum Gasteiger partial charge on any atom is 0.330 e. The Kier molecular flexibility index (Phi) is 10.5. The highest BCUT2D eigenvalue weighted by Gasteiger charge is 2.45. The third kappa shape index (κ3) is 7.45. The van der Waals surface area contributed by atoms with E-state index in [2.05, 4.69) is 53.6 Å². The molecule has 9 heteroatoms. The molecule has 1 aliphatic rings. The van der Waals surface area contributed by atoms with Crippen molar-refractivity contribution in [3.63, 3.8) is 0 Å². The minimum absolute atomic E-state index is 0.107. The van der Waals surface area contributed by atoms with Crippen LogP contribution in [0.3, 0.4) is 0 Å². The van der Waals surface area contributed by atoms with Crippen LogP contribution in [0.2, 0.25) is 5.02 Å². The normalized spacial score (nSPS) is 19.0. The molecule has 8 nitrogen and oxygen atoms in total. The fourth-order valence-corrected chi connectivity index (χ4v) is 5.08. The highest BCUT2D eigenvalue weighted by Crippen LogP contribution is 2.44. The minimum atomic E-state index is -1.14. The lowest BCUT2D eigenvalue weighted by molar-refractivity contribution is -0.143. The number of urea groups is 1. The molecule has 4 N–H and O–H groups in total. The van der Waals surface area contributed by atoms with Gasteiger partial charge in [-0.2, -0.15) is 0 Å². The molecule has 3 atom stereocenters. The van der Waals surface area contributed by atoms with Gasteiger partial charge in [0.25, 0.3) is 0 Å². The standard InChI is InChI=1S/C32H38ClN3O5/c1-21-11-6-7-14-24(21)28(38)25-16-15-23(19-26(25)33)36-32(31(2,3)4)17-9-8-12-22(32)13-10-18-34-30(40)35-27(20-37)29(39)41-5/h6-17,19,22,27,36-37H,18,20H2,1-5H3,(H2,34,35,40)/b13-10+/t22?,27-,32?/m0/s1. The first-order valence-electron chi connectivity index (χ1n) is 13.4. The number of esters is 1. The quantitative estimate of drug-likeness (QED) is 0.174. The predicted molar refractivity (Wildman–Crippen MR) is 162 cm³/mol. The summed E-state index contributed by atoms with van der Waals surface area (Å²) in [7, 11) is 1.18. The summed E-state index contributed by atoms with van der Waals surface area (Å²) in [5.74, 6) is -0.962. The first-order valence-corrected chi connectivity index (χ1v) is 13.7. The Morgan fingerprint density at radius 3 is 2.49 bits per heavy atom. The Hall–Kier alpha value is -3.88. The molecule has 0 heterocycles. The molecule has 0 aromatic heterocycles. The number of aliphatic hydroxyl groups excluding tert-OH is 1. The summed E-state index contributed by atoms with van der Waals surface area (Å²) in [5.41, 5.74) is 1.86. The third-order valence-corrected chi connectivity index (χ3v) is 7.52. The zero-order valence-electron chi connectivity index (χ0n) is 24.0. The molecule has 0 radical (unpaired) electrons. The van der Waals surface area contributed by atoms with Crippen molar-refractivity contribution in [2.45, 2.75) is 39.3 Å². The number of hydrogen-bond donors (Lipinski definition) is 4. The van der Waals surface area contributed by atoms with Crippen LogP contribution in [0, 0.1) is 18.3 Å². The fourth-order valence-electron chi connectivity index (χ4n) is 4.82. The molecule has 0 saturated heterocycles. The predicted octanol–water partition coefficient (Wildman–Crippen LogP) is 5.21. The number of carbonyl (C=O) groups excluding carboxylic acids is 3. The van der Waals surface area contributed by atoms with Gasteiger partial charge in [-0.15, -0.1) is 0 Å². The molecule has 2 amide bonds. The topological polar surface area (TPSA) is 117 Å². The maximum atomic E-state index is 13.2. The Morgan fingerprint density at radius 2 is 1.85 bits per heavy atom. The van der Waals surface area contributed by atoms with Gasteiger partial charge in [-0.05, 0) is 36.1 Å².